The number of carbonyl (C=O) groups excluding carboxylic acids is 2. The van der Waals surface area contributed by atoms with Gasteiger partial charge in [-0.2, -0.15) is 0 Å². The van der Waals surface area contributed by atoms with Crippen LogP contribution in [0, 0.1) is 12.8 Å². The van der Waals surface area contributed by atoms with Gasteiger partial charge in [-0.25, -0.2) is 0 Å². The molecule has 2 aromatic carbocycles. The molecule has 4 rings (SSSR count). The third-order valence-corrected chi connectivity index (χ3v) is 6.01. The molecule has 1 saturated carbocycles. The maximum Gasteiger partial charge on any atom is 0.308 e. The Morgan fingerprint density at radius 2 is 1.94 bits per heavy atom. The van der Waals surface area contributed by atoms with Crippen molar-refractivity contribution in [2.24, 2.45) is 5.92 Å². The first-order valence-electron chi connectivity index (χ1n) is 10.8. The van der Waals surface area contributed by atoms with Gasteiger partial charge in [0, 0.05) is 11.8 Å². The maximum absolute atomic E-state index is 12.7. The summed E-state index contributed by atoms with van der Waals surface area (Å²) in [6.07, 6.45) is 1.39. The van der Waals surface area contributed by atoms with Gasteiger partial charge in [0.2, 0.25) is 0 Å². The second-order valence-electron chi connectivity index (χ2n) is 8.06. The minimum atomic E-state index is -0.560. The summed E-state index contributed by atoms with van der Waals surface area (Å²) in [5.41, 5.74) is 1.15. The van der Waals surface area contributed by atoms with Gasteiger partial charge >= 0.3 is 5.97 Å². The summed E-state index contributed by atoms with van der Waals surface area (Å²) in [6.45, 7) is 2.58. The summed E-state index contributed by atoms with van der Waals surface area (Å²) >= 11 is 6.11. The normalized spacial score (nSPS) is 17.1. The number of benzene rings is 2. The standard InChI is InChI=1S/C25H24ClNO7/c1-14-10-16(32-8-9-33-17-11-15(12-17)25(30)31-2)6-7-20(14)27-24(29)22-13-21(28)18-4-3-5-19(26)23(18)34-22/h3-7,10,13,15,17H,8-9,11-12H2,1-2H3,(H,27,29). The summed E-state index contributed by atoms with van der Waals surface area (Å²) in [4.78, 5) is 36.4. The number of hydrogen-bond donors (Lipinski definition) is 1. The van der Waals surface area contributed by atoms with E-state index in [4.69, 9.17) is 30.2 Å². The number of amides is 1. The average molecular weight is 486 g/mol. The number of anilines is 1. The molecule has 9 heteroatoms. The number of fused-ring (bicyclic) bond motifs is 1. The van der Waals surface area contributed by atoms with Crippen molar-refractivity contribution in [3.05, 3.63) is 69.0 Å². The van der Waals surface area contributed by atoms with Gasteiger partial charge in [-0.15, -0.1) is 0 Å². The van der Waals surface area contributed by atoms with Gasteiger partial charge in [-0.1, -0.05) is 17.7 Å². The van der Waals surface area contributed by atoms with E-state index in [0.717, 1.165) is 11.6 Å². The molecule has 0 aliphatic heterocycles. The zero-order valence-corrected chi connectivity index (χ0v) is 19.5. The molecule has 1 aromatic heterocycles. The Morgan fingerprint density at radius 1 is 1.15 bits per heavy atom. The number of esters is 1. The van der Waals surface area contributed by atoms with Crippen LogP contribution in [0.4, 0.5) is 5.69 Å². The number of carbonyl (C=O) groups is 2. The lowest BCUT2D eigenvalue weighted by Gasteiger charge is -2.32. The molecule has 0 saturated heterocycles. The number of methoxy groups -OCH3 is 1. The number of para-hydroxylation sites is 1. The van der Waals surface area contributed by atoms with Crippen LogP contribution in [-0.2, 0) is 14.3 Å². The Hall–Kier alpha value is -3.36. The van der Waals surface area contributed by atoms with E-state index in [-0.39, 0.29) is 39.8 Å². The Bertz CT molecular complexity index is 1280. The Kier molecular flexibility index (Phi) is 7.19. The largest absolute Gasteiger partial charge is 0.491 e. The van der Waals surface area contributed by atoms with Crippen molar-refractivity contribution < 1.29 is 28.2 Å². The summed E-state index contributed by atoms with van der Waals surface area (Å²) in [6, 6.07) is 11.2. The third kappa shape index (κ3) is 5.24. The second-order valence-corrected chi connectivity index (χ2v) is 8.46. The summed E-state index contributed by atoms with van der Waals surface area (Å²) in [5.74, 6) is -0.321. The van der Waals surface area contributed by atoms with E-state index in [0.29, 0.717) is 42.9 Å². The number of rotatable bonds is 8. The molecule has 0 atom stereocenters. The Labute approximate surface area is 200 Å². The van der Waals surface area contributed by atoms with Gasteiger partial charge in [0.25, 0.3) is 5.91 Å². The fourth-order valence-corrected chi connectivity index (χ4v) is 3.95. The van der Waals surface area contributed by atoms with Crippen LogP contribution in [0.25, 0.3) is 11.0 Å². The van der Waals surface area contributed by atoms with Crippen LogP contribution in [0.3, 0.4) is 0 Å². The quantitative estimate of drug-likeness (QED) is 0.373. The fraction of sp³-hybridized carbons (Fsp3) is 0.320. The van der Waals surface area contributed by atoms with Gasteiger partial charge in [-0.05, 0) is 55.7 Å². The number of hydrogen-bond acceptors (Lipinski definition) is 7. The molecular formula is C25H24ClNO7. The fourth-order valence-electron chi connectivity index (χ4n) is 3.74. The lowest BCUT2D eigenvalue weighted by molar-refractivity contribution is -0.155. The van der Waals surface area contributed by atoms with Crippen LogP contribution in [0.5, 0.6) is 5.75 Å². The second kappa shape index (κ2) is 10.3. The molecule has 1 amide bonds. The zero-order valence-electron chi connectivity index (χ0n) is 18.8. The molecule has 0 unspecified atom stereocenters. The molecule has 1 N–H and O–H groups in total. The molecule has 1 fully saturated rings. The van der Waals surface area contributed by atoms with Crippen molar-refractivity contribution in [2.75, 3.05) is 25.6 Å². The van der Waals surface area contributed by atoms with E-state index in [1.54, 1.807) is 36.4 Å². The van der Waals surface area contributed by atoms with E-state index in [1.807, 2.05) is 6.92 Å². The monoisotopic (exact) mass is 485 g/mol. The molecule has 1 aliphatic rings. The predicted octanol–water partition coefficient (Wildman–Crippen LogP) is 4.35. The molecule has 178 valence electrons. The van der Waals surface area contributed by atoms with Gasteiger partial charge in [0.05, 0.1) is 36.1 Å². The van der Waals surface area contributed by atoms with Crippen LogP contribution in [0.2, 0.25) is 5.02 Å². The number of aryl methyl sites for hydroxylation is 1. The van der Waals surface area contributed by atoms with E-state index in [9.17, 15) is 14.4 Å². The van der Waals surface area contributed by atoms with Crippen molar-refractivity contribution in [2.45, 2.75) is 25.9 Å². The first-order valence-corrected chi connectivity index (χ1v) is 11.2. The van der Waals surface area contributed by atoms with Gasteiger partial charge in [0.1, 0.15) is 12.4 Å². The first kappa shape index (κ1) is 23.8. The van der Waals surface area contributed by atoms with Crippen molar-refractivity contribution in [3.63, 3.8) is 0 Å². The molecule has 3 aromatic rings. The van der Waals surface area contributed by atoms with Gasteiger partial charge < -0.3 is 23.9 Å². The van der Waals surface area contributed by atoms with Crippen LogP contribution in [0.15, 0.2) is 51.7 Å². The highest BCUT2D eigenvalue weighted by atomic mass is 35.5. The predicted molar refractivity (Wildman–Crippen MR) is 127 cm³/mol. The molecule has 0 radical (unpaired) electrons. The lowest BCUT2D eigenvalue weighted by atomic mass is 9.82. The highest BCUT2D eigenvalue weighted by molar-refractivity contribution is 6.34. The van der Waals surface area contributed by atoms with Crippen molar-refractivity contribution in [1.29, 1.82) is 0 Å². The highest BCUT2D eigenvalue weighted by Crippen LogP contribution is 2.31. The molecule has 1 heterocycles. The number of ether oxygens (including phenoxy) is 3. The SMILES string of the molecule is COC(=O)C1CC(OCCOc2ccc(NC(=O)c3cc(=O)c4cccc(Cl)c4o3)c(C)c2)C1. The summed E-state index contributed by atoms with van der Waals surface area (Å²) in [7, 11) is 1.39. The number of halogens is 1. The van der Waals surface area contributed by atoms with Crippen LogP contribution < -0.4 is 15.5 Å². The Morgan fingerprint density at radius 3 is 2.68 bits per heavy atom. The topological polar surface area (TPSA) is 104 Å². The van der Waals surface area contributed by atoms with Crippen LogP contribution in [0.1, 0.15) is 29.0 Å². The third-order valence-electron chi connectivity index (χ3n) is 5.71. The van der Waals surface area contributed by atoms with Crippen LogP contribution >= 0.6 is 11.6 Å². The summed E-state index contributed by atoms with van der Waals surface area (Å²) < 4.78 is 21.7. The average Bonchev–Trinajstić information content (AvgIpc) is 2.79. The molecule has 1 aliphatic carbocycles. The van der Waals surface area contributed by atoms with Gasteiger partial charge in [-0.3, -0.25) is 14.4 Å². The summed E-state index contributed by atoms with van der Waals surface area (Å²) in [5, 5.41) is 3.32. The van der Waals surface area contributed by atoms with E-state index in [1.165, 1.54) is 7.11 Å². The smallest absolute Gasteiger partial charge is 0.308 e. The van der Waals surface area contributed by atoms with Crippen molar-refractivity contribution in [3.8, 4) is 5.75 Å². The maximum atomic E-state index is 12.7. The molecular weight excluding hydrogens is 462 g/mol. The minimum absolute atomic E-state index is 0.0528. The van der Waals surface area contributed by atoms with Crippen LogP contribution in [-0.4, -0.2) is 38.3 Å². The number of nitrogens with one attached hydrogen (secondary N) is 1. The highest BCUT2D eigenvalue weighted by Gasteiger charge is 2.35. The lowest BCUT2D eigenvalue weighted by Crippen LogP contribution is -2.37. The van der Waals surface area contributed by atoms with Gasteiger partial charge in [0.15, 0.2) is 16.8 Å². The van der Waals surface area contributed by atoms with E-state index >= 15 is 0 Å². The van der Waals surface area contributed by atoms with E-state index in [2.05, 4.69) is 5.32 Å². The molecule has 0 spiro atoms. The zero-order chi connectivity index (χ0) is 24.2. The molecule has 0 bridgehead atoms. The first-order chi connectivity index (χ1) is 16.4. The van der Waals surface area contributed by atoms with Crippen molar-refractivity contribution in [1.82, 2.24) is 0 Å². The molecule has 8 nitrogen and oxygen atoms in total. The Balaban J connectivity index is 1.31. The van der Waals surface area contributed by atoms with E-state index < -0.39 is 5.91 Å². The molecule has 34 heavy (non-hydrogen) atoms. The minimum Gasteiger partial charge on any atom is -0.491 e. The van der Waals surface area contributed by atoms with Crippen molar-refractivity contribution >= 4 is 40.1 Å².